The van der Waals surface area contributed by atoms with E-state index in [0.717, 1.165) is 25.7 Å². The van der Waals surface area contributed by atoms with Crippen molar-refractivity contribution in [3.8, 4) is 0 Å². The summed E-state index contributed by atoms with van der Waals surface area (Å²) in [6.45, 7) is 2.55. The molecule has 18 heavy (non-hydrogen) atoms. The molecule has 1 aromatic carbocycles. The number of nitrogens with two attached hydrogens (primary N) is 1. The van der Waals surface area contributed by atoms with Gasteiger partial charge in [0, 0.05) is 17.2 Å². The van der Waals surface area contributed by atoms with Crippen molar-refractivity contribution in [3.63, 3.8) is 0 Å². The molecule has 2 nitrogen and oxygen atoms in total. The number of hydrogen-bond donors (Lipinski definition) is 1. The van der Waals surface area contributed by atoms with Crippen molar-refractivity contribution in [1.29, 1.82) is 0 Å². The predicted molar refractivity (Wildman–Crippen MR) is 71.2 cm³/mol. The fourth-order valence-corrected chi connectivity index (χ4v) is 3.00. The molecule has 0 bridgehead atoms. The Hall–Kier alpha value is -0.640. The highest BCUT2D eigenvalue weighted by Crippen LogP contribution is 2.42. The normalized spacial score (nSPS) is 20.0. The molecule has 2 rings (SSSR count). The topological polar surface area (TPSA) is 35.2 Å². The van der Waals surface area contributed by atoms with Gasteiger partial charge in [0.15, 0.2) is 0 Å². The molecule has 0 aliphatic heterocycles. The number of rotatable bonds is 4. The van der Waals surface area contributed by atoms with Gasteiger partial charge in [0.2, 0.25) is 0 Å². The zero-order valence-electron chi connectivity index (χ0n) is 10.6. The van der Waals surface area contributed by atoms with Gasteiger partial charge in [-0.25, -0.2) is 4.39 Å². The summed E-state index contributed by atoms with van der Waals surface area (Å²) in [6, 6.07) is 4.22. The van der Waals surface area contributed by atoms with Gasteiger partial charge < -0.3 is 10.5 Å². The fraction of sp³-hybridized carbons (Fsp3) is 0.571. The van der Waals surface area contributed by atoms with E-state index in [4.69, 9.17) is 22.1 Å². The van der Waals surface area contributed by atoms with Crippen LogP contribution in [0.15, 0.2) is 18.2 Å². The summed E-state index contributed by atoms with van der Waals surface area (Å²) < 4.78 is 19.8. The smallest absolute Gasteiger partial charge is 0.129 e. The van der Waals surface area contributed by atoms with Gasteiger partial charge in [-0.05, 0) is 31.9 Å². The molecule has 0 heterocycles. The van der Waals surface area contributed by atoms with Crippen LogP contribution >= 0.6 is 11.6 Å². The van der Waals surface area contributed by atoms with E-state index < -0.39 is 11.6 Å². The van der Waals surface area contributed by atoms with Crippen LogP contribution in [0.5, 0.6) is 0 Å². The summed E-state index contributed by atoms with van der Waals surface area (Å²) in [4.78, 5) is 0. The molecule has 1 aliphatic rings. The Morgan fingerprint density at radius 1 is 1.44 bits per heavy atom. The van der Waals surface area contributed by atoms with E-state index >= 15 is 0 Å². The maximum Gasteiger partial charge on any atom is 0.129 e. The molecular formula is C14H19ClFNO. The lowest BCUT2D eigenvalue weighted by molar-refractivity contribution is -0.0543. The van der Waals surface area contributed by atoms with Crippen LogP contribution in [0.4, 0.5) is 4.39 Å². The monoisotopic (exact) mass is 271 g/mol. The maximum absolute atomic E-state index is 13.9. The molecule has 2 N–H and O–H groups in total. The molecule has 1 aliphatic carbocycles. The molecule has 100 valence electrons. The van der Waals surface area contributed by atoms with Crippen LogP contribution in [0.1, 0.15) is 44.2 Å². The molecule has 1 unspecified atom stereocenters. The Labute approximate surface area is 112 Å². The second-order valence-corrected chi connectivity index (χ2v) is 5.28. The number of hydrogen-bond acceptors (Lipinski definition) is 2. The quantitative estimate of drug-likeness (QED) is 0.903. The summed E-state index contributed by atoms with van der Waals surface area (Å²) in [7, 11) is 0. The molecule has 0 aromatic heterocycles. The summed E-state index contributed by atoms with van der Waals surface area (Å²) in [5, 5.41) is 0.389. The molecule has 4 heteroatoms. The second kappa shape index (κ2) is 5.55. The minimum Gasteiger partial charge on any atom is -0.373 e. The molecule has 1 fully saturated rings. The zero-order valence-corrected chi connectivity index (χ0v) is 11.3. The van der Waals surface area contributed by atoms with Crippen LogP contribution in [0.2, 0.25) is 5.02 Å². The van der Waals surface area contributed by atoms with Crippen LogP contribution in [-0.4, -0.2) is 12.2 Å². The molecule has 0 saturated heterocycles. The number of ether oxygens (including phenoxy) is 1. The number of benzene rings is 1. The van der Waals surface area contributed by atoms with Crippen molar-refractivity contribution in [1.82, 2.24) is 0 Å². The van der Waals surface area contributed by atoms with Gasteiger partial charge >= 0.3 is 0 Å². The third kappa shape index (κ3) is 2.53. The summed E-state index contributed by atoms with van der Waals surface area (Å²) in [6.07, 6.45) is 3.96. The van der Waals surface area contributed by atoms with Gasteiger partial charge in [0.05, 0.1) is 11.6 Å². The van der Waals surface area contributed by atoms with Crippen molar-refractivity contribution < 1.29 is 9.13 Å². The van der Waals surface area contributed by atoms with E-state index in [1.165, 1.54) is 6.07 Å². The lowest BCUT2D eigenvalue weighted by Crippen LogP contribution is -2.42. The third-order valence-corrected chi connectivity index (χ3v) is 3.98. The first-order valence-electron chi connectivity index (χ1n) is 6.43. The van der Waals surface area contributed by atoms with Crippen molar-refractivity contribution in [2.75, 3.05) is 6.61 Å². The van der Waals surface area contributed by atoms with Crippen molar-refractivity contribution in [2.45, 2.75) is 44.2 Å². The van der Waals surface area contributed by atoms with Gasteiger partial charge in [-0.15, -0.1) is 0 Å². The molecule has 1 atom stereocenters. The maximum atomic E-state index is 13.9. The average Bonchev–Trinajstić information content (AvgIpc) is 2.78. The average molecular weight is 272 g/mol. The minimum absolute atomic E-state index is 0.346. The Balaban J connectivity index is 2.30. The van der Waals surface area contributed by atoms with Crippen LogP contribution < -0.4 is 5.73 Å². The Morgan fingerprint density at radius 2 is 2.11 bits per heavy atom. The second-order valence-electron chi connectivity index (χ2n) is 4.85. The highest BCUT2D eigenvalue weighted by atomic mass is 35.5. The lowest BCUT2D eigenvalue weighted by Gasteiger charge is -2.35. The van der Waals surface area contributed by atoms with Gasteiger partial charge in [-0.1, -0.05) is 30.5 Å². The van der Waals surface area contributed by atoms with Crippen molar-refractivity contribution >= 4 is 11.6 Å². The molecule has 0 radical (unpaired) electrons. The zero-order chi connectivity index (χ0) is 13.2. The van der Waals surface area contributed by atoms with E-state index in [1.54, 1.807) is 12.1 Å². The summed E-state index contributed by atoms with van der Waals surface area (Å²) in [5.74, 6) is -0.346. The first-order valence-corrected chi connectivity index (χ1v) is 6.81. The fourth-order valence-electron chi connectivity index (χ4n) is 2.84. The van der Waals surface area contributed by atoms with E-state index in [1.807, 2.05) is 6.92 Å². The third-order valence-electron chi connectivity index (χ3n) is 3.75. The van der Waals surface area contributed by atoms with Gasteiger partial charge in [-0.2, -0.15) is 0 Å². The Bertz CT molecular complexity index is 418. The highest BCUT2D eigenvalue weighted by Gasteiger charge is 2.41. The Kier molecular flexibility index (Phi) is 4.25. The highest BCUT2D eigenvalue weighted by molar-refractivity contribution is 6.30. The van der Waals surface area contributed by atoms with E-state index in [-0.39, 0.29) is 5.82 Å². The summed E-state index contributed by atoms with van der Waals surface area (Å²) in [5.41, 5.74) is 6.35. The van der Waals surface area contributed by atoms with Gasteiger partial charge in [0.25, 0.3) is 0 Å². The standard InChI is InChI=1S/C14H19ClFNO/c1-2-18-14(7-3-4-8-14)13(17)11-6-5-10(15)9-12(11)16/h5-6,9,13H,2-4,7-8,17H2,1H3. The largest absolute Gasteiger partial charge is 0.373 e. The van der Waals surface area contributed by atoms with Crippen molar-refractivity contribution in [3.05, 3.63) is 34.6 Å². The van der Waals surface area contributed by atoms with Crippen LogP contribution in [0, 0.1) is 5.82 Å². The minimum atomic E-state index is -0.433. The first kappa shape index (κ1) is 13.8. The first-order chi connectivity index (χ1) is 8.59. The number of halogens is 2. The van der Waals surface area contributed by atoms with E-state index in [9.17, 15) is 4.39 Å². The molecule has 1 aromatic rings. The summed E-state index contributed by atoms with van der Waals surface area (Å²) >= 11 is 5.77. The lowest BCUT2D eigenvalue weighted by atomic mass is 9.87. The molecule has 1 saturated carbocycles. The Morgan fingerprint density at radius 3 is 2.67 bits per heavy atom. The van der Waals surface area contributed by atoms with Crippen LogP contribution in [0.3, 0.4) is 0 Å². The molecular weight excluding hydrogens is 253 g/mol. The van der Waals surface area contributed by atoms with Gasteiger partial charge in [-0.3, -0.25) is 0 Å². The van der Waals surface area contributed by atoms with Crippen molar-refractivity contribution in [2.24, 2.45) is 5.73 Å². The van der Waals surface area contributed by atoms with Crippen LogP contribution in [-0.2, 0) is 4.74 Å². The molecule has 0 amide bonds. The van der Waals surface area contributed by atoms with Crippen LogP contribution in [0.25, 0.3) is 0 Å². The van der Waals surface area contributed by atoms with Gasteiger partial charge in [0.1, 0.15) is 5.82 Å². The van der Waals surface area contributed by atoms with E-state index in [0.29, 0.717) is 17.2 Å². The SMILES string of the molecule is CCOC1(C(N)c2ccc(Cl)cc2F)CCCC1. The molecule has 0 spiro atoms. The predicted octanol–water partition coefficient (Wildman–Crippen LogP) is 3.83. The van der Waals surface area contributed by atoms with E-state index in [2.05, 4.69) is 0 Å².